The first kappa shape index (κ1) is 23.2. The summed E-state index contributed by atoms with van der Waals surface area (Å²) in [5.74, 6) is 0.125. The normalized spacial score (nSPS) is 16.8. The van der Waals surface area contributed by atoms with E-state index in [0.717, 1.165) is 21.3 Å². The van der Waals surface area contributed by atoms with Crippen molar-refractivity contribution in [2.75, 3.05) is 32.5 Å². The summed E-state index contributed by atoms with van der Waals surface area (Å²) >= 11 is 7.35. The summed E-state index contributed by atoms with van der Waals surface area (Å²) in [6.07, 6.45) is 5.08. The van der Waals surface area contributed by atoms with Gasteiger partial charge < -0.3 is 20.3 Å². The zero-order valence-corrected chi connectivity index (χ0v) is 19.7. The number of ether oxygens (including phenoxy) is 1. The summed E-state index contributed by atoms with van der Waals surface area (Å²) in [5, 5.41) is 0.778. The van der Waals surface area contributed by atoms with Crippen LogP contribution in [0.4, 0.5) is 5.82 Å². The number of halogens is 1. The van der Waals surface area contributed by atoms with Crippen LogP contribution in [0.5, 0.6) is 0 Å². The van der Waals surface area contributed by atoms with Gasteiger partial charge in [0.15, 0.2) is 0 Å². The minimum atomic E-state index is -0.582. The van der Waals surface area contributed by atoms with Crippen LogP contribution in [0.1, 0.15) is 16.9 Å². The number of methoxy groups -OCH3 is 1. The van der Waals surface area contributed by atoms with Gasteiger partial charge in [-0.05, 0) is 35.9 Å². The summed E-state index contributed by atoms with van der Waals surface area (Å²) in [7, 11) is 1.58. The highest BCUT2D eigenvalue weighted by molar-refractivity contribution is 7.17. The van der Waals surface area contributed by atoms with E-state index in [1.165, 1.54) is 23.7 Å². The lowest BCUT2D eigenvalue weighted by molar-refractivity contribution is -0.150. The molecular formula is C23H24ClN5O3S. The van der Waals surface area contributed by atoms with Crippen LogP contribution in [0.15, 0.2) is 42.7 Å². The van der Waals surface area contributed by atoms with Crippen LogP contribution in [0.3, 0.4) is 0 Å². The van der Waals surface area contributed by atoms with Crippen LogP contribution in [0.2, 0.25) is 4.34 Å². The van der Waals surface area contributed by atoms with Crippen LogP contribution >= 0.6 is 22.9 Å². The summed E-state index contributed by atoms with van der Waals surface area (Å²) in [5.41, 5.74) is 7.58. The largest absolute Gasteiger partial charge is 0.385 e. The summed E-state index contributed by atoms with van der Waals surface area (Å²) in [6, 6.07) is 8.76. The van der Waals surface area contributed by atoms with Crippen molar-refractivity contribution in [3.8, 4) is 0 Å². The van der Waals surface area contributed by atoms with Crippen LogP contribution in [-0.4, -0.2) is 64.4 Å². The molecule has 3 heterocycles. The van der Waals surface area contributed by atoms with Gasteiger partial charge in [0.2, 0.25) is 11.8 Å². The van der Waals surface area contributed by atoms with E-state index < -0.39 is 6.04 Å². The zero-order chi connectivity index (χ0) is 23.4. The van der Waals surface area contributed by atoms with Crippen LogP contribution in [0, 0.1) is 0 Å². The van der Waals surface area contributed by atoms with Crippen molar-refractivity contribution in [2.24, 2.45) is 0 Å². The van der Waals surface area contributed by atoms with Crippen LogP contribution in [0.25, 0.3) is 17.0 Å². The minimum Gasteiger partial charge on any atom is -0.385 e. The Hall–Kier alpha value is -3.01. The predicted octanol–water partition coefficient (Wildman–Crippen LogP) is 3.22. The molecule has 8 nitrogen and oxygen atoms in total. The smallest absolute Gasteiger partial charge is 0.247 e. The molecule has 2 amide bonds. The SMILES string of the molecule is COCC[C@H]1C(=O)N(Cc2ccc3c(N)ncnc3c2)CCN1C(=O)C=Cc1ccc(Cl)s1. The number of rotatable bonds is 7. The van der Waals surface area contributed by atoms with Gasteiger partial charge in [0, 0.05) is 56.1 Å². The first-order valence-corrected chi connectivity index (χ1v) is 11.7. The standard InChI is InChI=1S/C23H24ClN5O3S/c1-32-11-8-19-23(31)28(13-15-2-5-17-18(12-15)26-14-27-22(17)25)9-10-29(19)21(30)7-4-16-3-6-20(24)33-16/h2-7,12,14,19H,8-11,13H2,1H3,(H2,25,26,27)/t19-/m0/s1. The Balaban J connectivity index is 1.49. The highest BCUT2D eigenvalue weighted by Crippen LogP contribution is 2.24. The highest BCUT2D eigenvalue weighted by Gasteiger charge is 2.36. The molecule has 3 aromatic rings. The number of piperazine rings is 1. The third kappa shape index (κ3) is 5.32. The summed E-state index contributed by atoms with van der Waals surface area (Å²) < 4.78 is 5.86. The molecule has 4 rings (SSSR count). The molecule has 0 radical (unpaired) electrons. The molecule has 0 aliphatic carbocycles. The van der Waals surface area contributed by atoms with Gasteiger partial charge in [0.25, 0.3) is 0 Å². The number of anilines is 1. The Morgan fingerprint density at radius 1 is 1.30 bits per heavy atom. The molecule has 172 valence electrons. The summed E-state index contributed by atoms with van der Waals surface area (Å²) in [4.78, 5) is 38.8. The molecule has 0 saturated carbocycles. The lowest BCUT2D eigenvalue weighted by atomic mass is 10.1. The van der Waals surface area contributed by atoms with Crippen molar-refractivity contribution < 1.29 is 14.3 Å². The molecule has 0 bridgehead atoms. The lowest BCUT2D eigenvalue weighted by Gasteiger charge is -2.40. The number of hydrogen-bond donors (Lipinski definition) is 1. The molecule has 1 aromatic carbocycles. The van der Waals surface area contributed by atoms with Crippen LogP contribution < -0.4 is 5.73 Å². The number of fused-ring (bicyclic) bond motifs is 1. The third-order valence-electron chi connectivity index (χ3n) is 5.55. The average molecular weight is 486 g/mol. The summed E-state index contributed by atoms with van der Waals surface area (Å²) in [6.45, 7) is 1.69. The Kier molecular flexibility index (Phi) is 7.22. The topological polar surface area (TPSA) is 102 Å². The van der Waals surface area contributed by atoms with E-state index in [1.807, 2.05) is 24.3 Å². The lowest BCUT2D eigenvalue weighted by Crippen LogP contribution is -2.58. The van der Waals surface area contributed by atoms with Gasteiger partial charge in [-0.3, -0.25) is 9.59 Å². The zero-order valence-electron chi connectivity index (χ0n) is 18.1. The monoisotopic (exact) mass is 485 g/mol. The number of nitrogens with zero attached hydrogens (tertiary/aromatic N) is 4. The number of carbonyl (C=O) groups is 2. The molecule has 0 spiro atoms. The number of benzene rings is 1. The Labute approximate surface area is 200 Å². The molecule has 1 atom stereocenters. The fourth-order valence-electron chi connectivity index (χ4n) is 3.88. The second-order valence-electron chi connectivity index (χ2n) is 7.67. The number of amides is 2. The molecule has 1 saturated heterocycles. The molecule has 2 aromatic heterocycles. The number of thiophene rings is 1. The molecule has 2 N–H and O–H groups in total. The third-order valence-corrected chi connectivity index (χ3v) is 6.75. The van der Waals surface area contributed by atoms with Crippen molar-refractivity contribution in [3.63, 3.8) is 0 Å². The first-order valence-electron chi connectivity index (χ1n) is 10.5. The molecular weight excluding hydrogens is 462 g/mol. The predicted molar refractivity (Wildman–Crippen MR) is 130 cm³/mol. The molecule has 33 heavy (non-hydrogen) atoms. The molecule has 1 aliphatic rings. The Morgan fingerprint density at radius 3 is 2.91 bits per heavy atom. The fraction of sp³-hybridized carbons (Fsp3) is 0.304. The molecule has 1 aliphatic heterocycles. The highest BCUT2D eigenvalue weighted by atomic mass is 35.5. The first-order chi connectivity index (χ1) is 16.0. The number of hydrogen-bond acceptors (Lipinski definition) is 7. The van der Waals surface area contributed by atoms with Gasteiger partial charge in [-0.25, -0.2) is 9.97 Å². The maximum absolute atomic E-state index is 13.3. The van der Waals surface area contributed by atoms with Crippen molar-refractivity contribution in [2.45, 2.75) is 19.0 Å². The number of nitrogens with two attached hydrogens (primary N) is 1. The van der Waals surface area contributed by atoms with E-state index in [-0.39, 0.29) is 11.8 Å². The maximum Gasteiger partial charge on any atom is 0.247 e. The van der Waals surface area contributed by atoms with Gasteiger partial charge in [0.05, 0.1) is 9.85 Å². The Morgan fingerprint density at radius 2 is 2.15 bits per heavy atom. The fourth-order valence-corrected chi connectivity index (χ4v) is 4.84. The van der Waals surface area contributed by atoms with Gasteiger partial charge in [-0.15, -0.1) is 11.3 Å². The van der Waals surface area contributed by atoms with Crippen molar-refractivity contribution >= 4 is 57.5 Å². The minimum absolute atomic E-state index is 0.0958. The van der Waals surface area contributed by atoms with E-state index in [0.29, 0.717) is 42.8 Å². The second kappa shape index (κ2) is 10.3. The van der Waals surface area contributed by atoms with Gasteiger partial charge >= 0.3 is 0 Å². The van der Waals surface area contributed by atoms with Gasteiger partial charge in [0.1, 0.15) is 18.2 Å². The maximum atomic E-state index is 13.3. The van der Waals surface area contributed by atoms with Crippen molar-refractivity contribution in [1.82, 2.24) is 19.8 Å². The van der Waals surface area contributed by atoms with Crippen molar-refractivity contribution in [3.05, 3.63) is 57.5 Å². The van der Waals surface area contributed by atoms with Gasteiger partial charge in [-0.1, -0.05) is 17.7 Å². The number of aromatic nitrogens is 2. The van der Waals surface area contributed by atoms with Crippen molar-refractivity contribution in [1.29, 1.82) is 0 Å². The second-order valence-corrected chi connectivity index (χ2v) is 9.42. The quantitative estimate of drug-likeness (QED) is 0.515. The average Bonchev–Trinajstić information content (AvgIpc) is 3.23. The van der Waals surface area contributed by atoms with E-state index >= 15 is 0 Å². The molecule has 1 fully saturated rings. The van der Waals surface area contributed by atoms with E-state index in [9.17, 15) is 9.59 Å². The van der Waals surface area contributed by atoms with E-state index in [2.05, 4.69) is 9.97 Å². The molecule has 10 heteroatoms. The van der Waals surface area contributed by atoms with Crippen LogP contribution in [-0.2, 0) is 20.9 Å². The van der Waals surface area contributed by atoms with E-state index in [1.54, 1.807) is 29.1 Å². The number of nitrogen functional groups attached to an aromatic ring is 1. The Bertz CT molecular complexity index is 1200. The number of carbonyl (C=O) groups excluding carboxylic acids is 2. The van der Waals surface area contributed by atoms with E-state index in [4.69, 9.17) is 22.1 Å². The molecule has 0 unspecified atom stereocenters. The van der Waals surface area contributed by atoms with Gasteiger partial charge in [-0.2, -0.15) is 0 Å².